The lowest BCUT2D eigenvalue weighted by molar-refractivity contribution is 0.299. The van der Waals surface area contributed by atoms with E-state index in [1.807, 2.05) is 7.05 Å². The van der Waals surface area contributed by atoms with Gasteiger partial charge in [0.2, 0.25) is 0 Å². The summed E-state index contributed by atoms with van der Waals surface area (Å²) in [6.45, 7) is 5.14. The Morgan fingerprint density at radius 3 is 2.75 bits per heavy atom. The summed E-state index contributed by atoms with van der Waals surface area (Å²) in [6.07, 6.45) is 9.76. The number of fused-ring (bicyclic) bond motifs is 2. The number of aromatic nitrogens is 2. The van der Waals surface area contributed by atoms with Crippen molar-refractivity contribution in [3.05, 3.63) is 35.8 Å². The zero-order chi connectivity index (χ0) is 16.5. The first-order valence-electron chi connectivity index (χ1n) is 9.13. The summed E-state index contributed by atoms with van der Waals surface area (Å²) in [5, 5.41) is 3.51. The van der Waals surface area contributed by atoms with Crippen molar-refractivity contribution in [1.82, 2.24) is 19.6 Å². The van der Waals surface area contributed by atoms with E-state index < -0.39 is 0 Å². The Balaban J connectivity index is 1.41. The highest BCUT2D eigenvalue weighted by Crippen LogP contribution is 2.35. The molecule has 1 aliphatic carbocycles. The molecule has 2 aliphatic rings. The molecule has 1 saturated heterocycles. The highest BCUT2D eigenvalue weighted by Gasteiger charge is 2.35. The molecule has 4 rings (SSSR count). The van der Waals surface area contributed by atoms with E-state index in [0.717, 1.165) is 48.8 Å². The quantitative estimate of drug-likeness (QED) is 0.682. The molecule has 2 aromatic rings. The Kier molecular flexibility index (Phi) is 4.17. The molecule has 0 amide bonds. The molecular formula is C19H27N5. The molecule has 0 radical (unpaired) electrons. The summed E-state index contributed by atoms with van der Waals surface area (Å²) in [4.78, 5) is 11.7. The average Bonchev–Trinajstić information content (AvgIpc) is 3.18. The van der Waals surface area contributed by atoms with E-state index in [2.05, 4.69) is 51.1 Å². The van der Waals surface area contributed by atoms with Gasteiger partial charge in [0.05, 0.1) is 12.2 Å². The summed E-state index contributed by atoms with van der Waals surface area (Å²) in [5.74, 6) is 2.77. The van der Waals surface area contributed by atoms with Crippen LogP contribution in [0.25, 0.3) is 5.65 Å². The van der Waals surface area contributed by atoms with Gasteiger partial charge in [-0.05, 0) is 49.3 Å². The number of hydrogen-bond acceptors (Lipinski definition) is 2. The first-order valence-corrected chi connectivity index (χ1v) is 9.13. The van der Waals surface area contributed by atoms with Gasteiger partial charge in [0.15, 0.2) is 5.96 Å². The Morgan fingerprint density at radius 2 is 2.04 bits per heavy atom. The lowest BCUT2D eigenvalue weighted by Gasteiger charge is -2.22. The second kappa shape index (κ2) is 6.46. The van der Waals surface area contributed by atoms with Crippen LogP contribution in [0.15, 0.2) is 29.5 Å². The monoisotopic (exact) mass is 325 g/mol. The molecule has 2 atom stereocenters. The second-order valence-electron chi connectivity index (χ2n) is 7.31. The van der Waals surface area contributed by atoms with Gasteiger partial charge in [0.1, 0.15) is 5.65 Å². The molecule has 1 aliphatic heterocycles. The van der Waals surface area contributed by atoms with Gasteiger partial charge >= 0.3 is 0 Å². The molecule has 5 nitrogen and oxygen atoms in total. The largest absolute Gasteiger partial charge is 0.351 e. The molecule has 2 unspecified atom stereocenters. The van der Waals surface area contributed by atoms with E-state index in [9.17, 15) is 0 Å². The van der Waals surface area contributed by atoms with Crippen LogP contribution in [0.3, 0.4) is 0 Å². The number of aliphatic imine (C=N–C) groups is 1. The third-order valence-corrected chi connectivity index (χ3v) is 5.58. The Hall–Kier alpha value is -2.04. The van der Waals surface area contributed by atoms with Crippen LogP contribution in [0, 0.1) is 18.8 Å². The van der Waals surface area contributed by atoms with Crippen LogP contribution in [-0.2, 0) is 6.54 Å². The molecule has 1 N–H and O–H groups in total. The van der Waals surface area contributed by atoms with Crippen LogP contribution in [-0.4, -0.2) is 40.4 Å². The van der Waals surface area contributed by atoms with Crippen LogP contribution in [0.5, 0.6) is 0 Å². The van der Waals surface area contributed by atoms with Crippen LogP contribution >= 0.6 is 0 Å². The Morgan fingerprint density at radius 1 is 1.29 bits per heavy atom. The molecule has 5 heteroatoms. The predicted molar refractivity (Wildman–Crippen MR) is 97.1 cm³/mol. The fraction of sp³-hybridized carbons (Fsp3) is 0.579. The SMILES string of the molecule is CN=C(NCc1cn2ccc(C)cc2n1)N1CC2CCCCC2C1. The number of nitrogens with zero attached hydrogens (tertiary/aromatic N) is 4. The summed E-state index contributed by atoms with van der Waals surface area (Å²) in [6, 6.07) is 4.22. The average molecular weight is 325 g/mol. The molecule has 128 valence electrons. The van der Waals surface area contributed by atoms with E-state index >= 15 is 0 Å². The summed E-state index contributed by atoms with van der Waals surface area (Å²) >= 11 is 0. The standard InChI is InChI=1S/C19H27N5/c1-14-7-8-23-13-17(22-18(23)9-14)10-21-19(20-2)24-11-15-5-3-4-6-16(15)12-24/h7-9,13,15-16H,3-6,10-12H2,1-2H3,(H,20,21). The molecule has 24 heavy (non-hydrogen) atoms. The number of imidazole rings is 1. The van der Waals surface area contributed by atoms with Crippen molar-refractivity contribution in [1.29, 1.82) is 0 Å². The molecule has 3 heterocycles. The predicted octanol–water partition coefficient (Wildman–Crippen LogP) is 2.84. The zero-order valence-electron chi connectivity index (χ0n) is 14.7. The van der Waals surface area contributed by atoms with Crippen molar-refractivity contribution in [3.8, 4) is 0 Å². The van der Waals surface area contributed by atoms with E-state index in [1.54, 1.807) is 0 Å². The van der Waals surface area contributed by atoms with E-state index in [0.29, 0.717) is 0 Å². The number of guanidine groups is 1. The molecule has 2 fully saturated rings. The lowest BCUT2D eigenvalue weighted by Crippen LogP contribution is -2.39. The maximum absolute atomic E-state index is 4.71. The molecule has 0 aromatic carbocycles. The summed E-state index contributed by atoms with van der Waals surface area (Å²) in [5.41, 5.74) is 3.30. The molecule has 1 saturated carbocycles. The van der Waals surface area contributed by atoms with Gasteiger partial charge in [-0.1, -0.05) is 12.8 Å². The first kappa shape index (κ1) is 15.5. The van der Waals surface area contributed by atoms with Gasteiger partial charge in [-0.2, -0.15) is 0 Å². The van der Waals surface area contributed by atoms with Crippen molar-refractivity contribution in [2.24, 2.45) is 16.8 Å². The van der Waals surface area contributed by atoms with Crippen LogP contribution in [0.1, 0.15) is 36.9 Å². The van der Waals surface area contributed by atoms with Crippen LogP contribution in [0.4, 0.5) is 0 Å². The van der Waals surface area contributed by atoms with Gasteiger partial charge < -0.3 is 14.6 Å². The normalized spacial score (nSPS) is 24.4. The molecular weight excluding hydrogens is 298 g/mol. The van der Waals surface area contributed by atoms with Crippen molar-refractivity contribution in [3.63, 3.8) is 0 Å². The van der Waals surface area contributed by atoms with Crippen molar-refractivity contribution >= 4 is 11.6 Å². The highest BCUT2D eigenvalue weighted by atomic mass is 15.3. The topological polar surface area (TPSA) is 44.9 Å². The first-order chi connectivity index (χ1) is 11.7. The number of nitrogens with one attached hydrogen (secondary N) is 1. The number of likely N-dealkylation sites (tertiary alicyclic amines) is 1. The number of pyridine rings is 1. The summed E-state index contributed by atoms with van der Waals surface area (Å²) in [7, 11) is 1.89. The van der Waals surface area contributed by atoms with Gasteiger partial charge in [-0.15, -0.1) is 0 Å². The Bertz CT molecular complexity index is 733. The van der Waals surface area contributed by atoms with Crippen LogP contribution < -0.4 is 5.32 Å². The van der Waals surface area contributed by atoms with Crippen LogP contribution in [0.2, 0.25) is 0 Å². The van der Waals surface area contributed by atoms with Gasteiger partial charge in [-0.25, -0.2) is 4.98 Å². The highest BCUT2D eigenvalue weighted by molar-refractivity contribution is 5.80. The van der Waals surface area contributed by atoms with Gasteiger partial charge in [0, 0.05) is 32.5 Å². The van der Waals surface area contributed by atoms with Crippen molar-refractivity contribution in [2.45, 2.75) is 39.2 Å². The van der Waals surface area contributed by atoms with Crippen molar-refractivity contribution < 1.29 is 0 Å². The second-order valence-corrected chi connectivity index (χ2v) is 7.31. The number of rotatable bonds is 2. The smallest absolute Gasteiger partial charge is 0.193 e. The van der Waals surface area contributed by atoms with E-state index in [4.69, 9.17) is 4.98 Å². The van der Waals surface area contributed by atoms with E-state index in [1.165, 1.54) is 31.2 Å². The minimum atomic E-state index is 0.721. The Labute approximate surface area is 143 Å². The molecule has 0 bridgehead atoms. The minimum Gasteiger partial charge on any atom is -0.351 e. The van der Waals surface area contributed by atoms with E-state index in [-0.39, 0.29) is 0 Å². The van der Waals surface area contributed by atoms with Gasteiger partial charge in [0.25, 0.3) is 0 Å². The lowest BCUT2D eigenvalue weighted by atomic mass is 9.82. The fourth-order valence-electron chi connectivity index (χ4n) is 4.30. The number of hydrogen-bond donors (Lipinski definition) is 1. The molecule has 0 spiro atoms. The molecule has 2 aromatic heterocycles. The zero-order valence-corrected chi connectivity index (χ0v) is 14.7. The fourth-order valence-corrected chi connectivity index (χ4v) is 4.30. The van der Waals surface area contributed by atoms with Crippen molar-refractivity contribution in [2.75, 3.05) is 20.1 Å². The maximum atomic E-state index is 4.71. The number of aryl methyl sites for hydroxylation is 1. The summed E-state index contributed by atoms with van der Waals surface area (Å²) < 4.78 is 2.08. The maximum Gasteiger partial charge on any atom is 0.193 e. The third kappa shape index (κ3) is 2.99. The third-order valence-electron chi connectivity index (χ3n) is 5.58. The van der Waals surface area contributed by atoms with Gasteiger partial charge in [-0.3, -0.25) is 4.99 Å². The minimum absolute atomic E-state index is 0.721.